The molecule has 222 valence electrons. The molecule has 0 aromatic rings. The summed E-state index contributed by atoms with van der Waals surface area (Å²) in [6.45, 7) is 4.91. The summed E-state index contributed by atoms with van der Waals surface area (Å²) < 4.78 is 16.8. The predicted molar refractivity (Wildman–Crippen MR) is 137 cm³/mol. The number of esters is 1. The van der Waals surface area contributed by atoms with E-state index < -0.39 is 54.3 Å². The summed E-state index contributed by atoms with van der Waals surface area (Å²) in [6.07, 6.45) is 1.58. The maximum Gasteiger partial charge on any atom is 0.332 e. The Labute approximate surface area is 230 Å². The summed E-state index contributed by atoms with van der Waals surface area (Å²) in [4.78, 5) is 24.4. The van der Waals surface area contributed by atoms with Crippen molar-refractivity contribution in [3.8, 4) is 0 Å². The van der Waals surface area contributed by atoms with Gasteiger partial charge in [-0.25, -0.2) is 4.79 Å². The van der Waals surface area contributed by atoms with Crippen LogP contribution in [-0.4, -0.2) is 92.9 Å². The third-order valence-electron chi connectivity index (χ3n) is 11.8. The van der Waals surface area contributed by atoms with Gasteiger partial charge in [-0.15, -0.1) is 0 Å². The Balaban J connectivity index is 1.26. The van der Waals surface area contributed by atoms with Crippen LogP contribution in [0.1, 0.15) is 78.6 Å². The number of ketones is 1. The summed E-state index contributed by atoms with van der Waals surface area (Å²) in [6, 6.07) is 0. The first-order chi connectivity index (χ1) is 18.4. The minimum absolute atomic E-state index is 0.0215. The molecule has 0 aromatic heterocycles. The average molecular weight is 555 g/mol. The molecule has 5 fully saturated rings. The summed E-state index contributed by atoms with van der Waals surface area (Å²) >= 11 is 0. The van der Waals surface area contributed by atoms with E-state index in [1.165, 1.54) is 0 Å². The van der Waals surface area contributed by atoms with Gasteiger partial charge in [0.05, 0.1) is 17.8 Å². The van der Waals surface area contributed by atoms with Crippen molar-refractivity contribution in [3.05, 3.63) is 0 Å². The molecule has 0 bridgehead atoms. The van der Waals surface area contributed by atoms with Crippen molar-refractivity contribution >= 4 is 11.8 Å². The van der Waals surface area contributed by atoms with Crippen molar-refractivity contribution in [2.45, 2.75) is 121 Å². The Bertz CT molecular complexity index is 943. The minimum Gasteiger partial charge on any atom is -0.456 e. The highest BCUT2D eigenvalue weighted by Gasteiger charge is 2.68. The van der Waals surface area contributed by atoms with E-state index >= 15 is 0 Å². The third kappa shape index (κ3) is 4.68. The predicted octanol–water partition coefficient (Wildman–Crippen LogP) is 1.08. The lowest BCUT2D eigenvalue weighted by Gasteiger charge is -2.63. The zero-order valence-corrected chi connectivity index (χ0v) is 23.3. The molecule has 5 aliphatic rings. The molecule has 0 radical (unpaired) electrons. The van der Waals surface area contributed by atoms with Gasteiger partial charge in [-0.2, -0.15) is 0 Å². The van der Waals surface area contributed by atoms with E-state index in [4.69, 9.17) is 19.3 Å². The molecule has 0 spiro atoms. The van der Waals surface area contributed by atoms with Crippen LogP contribution in [0.15, 0.2) is 0 Å². The van der Waals surface area contributed by atoms with E-state index in [1.54, 1.807) is 6.92 Å². The van der Waals surface area contributed by atoms with Crippen LogP contribution in [0.2, 0.25) is 0 Å². The first-order valence-corrected chi connectivity index (χ1v) is 14.7. The molecule has 4 aliphatic carbocycles. The maximum absolute atomic E-state index is 13.1. The van der Waals surface area contributed by atoms with Crippen LogP contribution in [-0.2, 0) is 23.8 Å². The van der Waals surface area contributed by atoms with Gasteiger partial charge in [0.2, 0.25) is 0 Å². The van der Waals surface area contributed by atoms with Crippen LogP contribution in [0.5, 0.6) is 0 Å². The fourth-order valence-electron chi connectivity index (χ4n) is 9.44. The van der Waals surface area contributed by atoms with Gasteiger partial charge in [0.1, 0.15) is 31.5 Å². The van der Waals surface area contributed by atoms with E-state index in [9.17, 15) is 30.0 Å². The molecule has 1 saturated heterocycles. The van der Waals surface area contributed by atoms with Gasteiger partial charge in [0, 0.05) is 11.3 Å². The first kappa shape index (κ1) is 29.4. The van der Waals surface area contributed by atoms with E-state index in [1.807, 2.05) is 6.92 Å². The fourth-order valence-corrected chi connectivity index (χ4v) is 9.44. The molecule has 0 aromatic carbocycles. The molecule has 4 saturated carbocycles. The van der Waals surface area contributed by atoms with Crippen molar-refractivity contribution in [1.29, 1.82) is 0 Å². The Kier molecular flexibility index (Phi) is 7.98. The number of rotatable bonds is 6. The summed E-state index contributed by atoms with van der Waals surface area (Å²) in [5.41, 5.74) is -1.50. The lowest BCUT2D eigenvalue weighted by Crippen LogP contribution is -2.63. The molecular formula is C29H46O10. The van der Waals surface area contributed by atoms with Gasteiger partial charge in [0.25, 0.3) is 0 Å². The number of hydrogen-bond acceptors (Lipinski definition) is 10. The second-order valence-corrected chi connectivity index (χ2v) is 13.5. The molecular weight excluding hydrogens is 508 g/mol. The van der Waals surface area contributed by atoms with Gasteiger partial charge in [-0.1, -0.05) is 13.8 Å². The van der Waals surface area contributed by atoms with Gasteiger partial charge in [0.15, 0.2) is 12.1 Å². The minimum atomic E-state index is -1.32. The number of carbonyl (C=O) groups is 2. The van der Waals surface area contributed by atoms with Crippen LogP contribution >= 0.6 is 0 Å². The number of hydrogen-bond donors (Lipinski definition) is 5. The monoisotopic (exact) mass is 554 g/mol. The summed E-state index contributed by atoms with van der Waals surface area (Å²) in [7, 11) is 0. The summed E-state index contributed by atoms with van der Waals surface area (Å²) in [5, 5.41) is 51.8. The lowest BCUT2D eigenvalue weighted by molar-refractivity contribution is -0.310. The maximum atomic E-state index is 13.1. The largest absolute Gasteiger partial charge is 0.456 e. The van der Waals surface area contributed by atoms with Crippen LogP contribution < -0.4 is 0 Å². The van der Waals surface area contributed by atoms with E-state index in [0.717, 1.165) is 44.9 Å². The number of aliphatic hydroxyl groups excluding tert-OH is 4. The first-order valence-electron chi connectivity index (χ1n) is 14.7. The molecule has 0 unspecified atom stereocenters. The Morgan fingerprint density at radius 1 is 0.923 bits per heavy atom. The van der Waals surface area contributed by atoms with Crippen LogP contribution in [0.25, 0.3) is 0 Å². The topological polar surface area (TPSA) is 163 Å². The van der Waals surface area contributed by atoms with E-state index in [0.29, 0.717) is 24.7 Å². The van der Waals surface area contributed by atoms with Crippen LogP contribution in [0, 0.1) is 34.5 Å². The van der Waals surface area contributed by atoms with Crippen molar-refractivity contribution in [1.82, 2.24) is 0 Å². The van der Waals surface area contributed by atoms with Crippen molar-refractivity contribution in [2.75, 3.05) is 13.2 Å². The third-order valence-corrected chi connectivity index (χ3v) is 11.8. The highest BCUT2D eigenvalue weighted by Crippen LogP contribution is 2.69. The normalized spacial score (nSPS) is 51.4. The second kappa shape index (κ2) is 10.6. The number of ether oxygens (including phenoxy) is 3. The molecule has 5 N–H and O–H groups in total. The Morgan fingerprint density at radius 2 is 1.67 bits per heavy atom. The highest BCUT2D eigenvalue weighted by molar-refractivity contribution is 5.85. The smallest absolute Gasteiger partial charge is 0.332 e. The molecule has 1 heterocycles. The Morgan fingerprint density at radius 3 is 2.38 bits per heavy atom. The van der Waals surface area contributed by atoms with E-state index in [2.05, 4.69) is 6.92 Å². The zero-order valence-electron chi connectivity index (χ0n) is 23.3. The van der Waals surface area contributed by atoms with Gasteiger partial charge < -0.3 is 39.7 Å². The Hall–Kier alpha value is -1.14. The standard InChI is InChI=1S/C29H46O10/c1-15-23(33)24(34)25(35)26(38-15)39-17-6-9-27(2)16(12-17)4-5-19-18(27)7-10-28(3)20(8-11-29(19,28)36)21(31)14-37-22(32)13-30/h15-20,23-26,30,33-36H,4-14H2,1-3H3/t15-,16+,17-,18-,19+,20+,23-,24+,25+,26+,27-,28+,29-/m0/s1. The molecule has 5 rings (SSSR count). The second-order valence-electron chi connectivity index (χ2n) is 13.5. The molecule has 13 atom stereocenters. The molecule has 10 heteroatoms. The molecule has 1 aliphatic heterocycles. The molecule has 10 nitrogen and oxygen atoms in total. The number of carbonyl (C=O) groups excluding carboxylic acids is 2. The lowest BCUT2D eigenvalue weighted by atomic mass is 9.43. The molecule has 0 amide bonds. The van der Waals surface area contributed by atoms with E-state index in [-0.39, 0.29) is 35.7 Å². The average Bonchev–Trinajstić information content (AvgIpc) is 3.20. The van der Waals surface area contributed by atoms with Gasteiger partial charge in [-0.05, 0) is 87.9 Å². The van der Waals surface area contributed by atoms with Gasteiger partial charge in [-0.3, -0.25) is 4.79 Å². The van der Waals surface area contributed by atoms with Crippen LogP contribution in [0.4, 0.5) is 0 Å². The number of Topliss-reactive ketones (excluding diaryl/α,β-unsaturated/α-hetero) is 1. The highest BCUT2D eigenvalue weighted by atomic mass is 16.7. The molecule has 39 heavy (non-hydrogen) atoms. The van der Waals surface area contributed by atoms with Crippen molar-refractivity contribution in [2.24, 2.45) is 34.5 Å². The van der Waals surface area contributed by atoms with Crippen molar-refractivity contribution < 1.29 is 49.3 Å². The zero-order chi connectivity index (χ0) is 28.3. The quantitative estimate of drug-likeness (QED) is 0.237. The SMILES string of the molecule is C[C@@H]1O[C@H](O[C@H]2CC[C@@]3(C)[C@H](CC[C@@H]4[C@@H]3CC[C@]3(C)[C@@H](C(=O)COC(=O)CO)CC[C@]43O)C2)[C@H](O)[C@H](O)[C@H]1O. The number of fused-ring (bicyclic) bond motifs is 5. The number of aliphatic hydroxyl groups is 5. The summed E-state index contributed by atoms with van der Waals surface area (Å²) in [5.74, 6) is -0.563. The van der Waals surface area contributed by atoms with Crippen molar-refractivity contribution in [3.63, 3.8) is 0 Å². The van der Waals surface area contributed by atoms with Gasteiger partial charge >= 0.3 is 5.97 Å². The fraction of sp³-hybridized carbons (Fsp3) is 0.931. The van der Waals surface area contributed by atoms with Crippen LogP contribution in [0.3, 0.4) is 0 Å².